The van der Waals surface area contributed by atoms with Crippen LogP contribution in [-0.4, -0.2) is 17.6 Å². The first-order valence-electron chi connectivity index (χ1n) is 8.59. The predicted octanol–water partition coefficient (Wildman–Crippen LogP) is 4.97. The van der Waals surface area contributed by atoms with Crippen molar-refractivity contribution in [1.82, 2.24) is 4.98 Å². The van der Waals surface area contributed by atoms with Gasteiger partial charge in [-0.1, -0.05) is 37.3 Å². The maximum Gasteiger partial charge on any atom is 0.338 e. The van der Waals surface area contributed by atoms with Crippen molar-refractivity contribution in [3.05, 3.63) is 71.9 Å². The van der Waals surface area contributed by atoms with Crippen molar-refractivity contribution in [2.45, 2.75) is 26.3 Å². The van der Waals surface area contributed by atoms with Crippen molar-refractivity contribution in [2.75, 3.05) is 11.9 Å². The van der Waals surface area contributed by atoms with Crippen LogP contribution in [0, 0.1) is 0 Å². The van der Waals surface area contributed by atoms with Crippen LogP contribution in [0.1, 0.15) is 42.2 Å². The van der Waals surface area contributed by atoms with E-state index in [1.54, 1.807) is 6.92 Å². The number of para-hydroxylation sites is 1. The highest BCUT2D eigenvalue weighted by Crippen LogP contribution is 2.24. The van der Waals surface area contributed by atoms with Gasteiger partial charge in [-0.2, -0.15) is 0 Å². The number of hydrogen-bond donors (Lipinski definition) is 1. The van der Waals surface area contributed by atoms with Gasteiger partial charge in [-0.05, 0) is 43.2 Å². The lowest BCUT2D eigenvalue weighted by Gasteiger charge is -2.19. The molecule has 2 aromatic carbocycles. The van der Waals surface area contributed by atoms with Crippen molar-refractivity contribution in [3.8, 4) is 0 Å². The van der Waals surface area contributed by atoms with Crippen LogP contribution in [0.15, 0.2) is 60.8 Å². The third-order valence-corrected chi connectivity index (χ3v) is 4.16. The third-order valence-electron chi connectivity index (χ3n) is 4.16. The van der Waals surface area contributed by atoms with E-state index < -0.39 is 0 Å². The third kappa shape index (κ3) is 3.97. The molecule has 3 aromatic rings. The van der Waals surface area contributed by atoms with Crippen LogP contribution in [0.4, 0.5) is 5.69 Å². The highest BCUT2D eigenvalue weighted by molar-refractivity contribution is 5.89. The zero-order valence-electron chi connectivity index (χ0n) is 14.5. The summed E-state index contributed by atoms with van der Waals surface area (Å²) in [5.74, 6) is -0.284. The highest BCUT2D eigenvalue weighted by Gasteiger charge is 2.12. The number of nitrogens with zero attached hydrogens (tertiary/aromatic N) is 1. The van der Waals surface area contributed by atoms with E-state index in [0.717, 1.165) is 28.6 Å². The van der Waals surface area contributed by atoms with Gasteiger partial charge in [0.1, 0.15) is 0 Å². The van der Waals surface area contributed by atoms with Crippen LogP contribution in [0.25, 0.3) is 10.9 Å². The number of anilines is 1. The van der Waals surface area contributed by atoms with E-state index >= 15 is 0 Å². The molecule has 4 nitrogen and oxygen atoms in total. The molecule has 0 saturated carbocycles. The van der Waals surface area contributed by atoms with Crippen LogP contribution in [0.3, 0.4) is 0 Å². The Balaban J connectivity index is 1.78. The van der Waals surface area contributed by atoms with Gasteiger partial charge in [0, 0.05) is 5.39 Å². The van der Waals surface area contributed by atoms with E-state index in [9.17, 15) is 4.79 Å². The molecule has 0 spiro atoms. The molecule has 0 bridgehead atoms. The zero-order valence-corrected chi connectivity index (χ0v) is 14.5. The first-order valence-corrected chi connectivity index (χ1v) is 8.59. The fourth-order valence-corrected chi connectivity index (χ4v) is 2.84. The Morgan fingerprint density at radius 3 is 2.60 bits per heavy atom. The first-order chi connectivity index (χ1) is 12.2. The number of hydrogen-bond acceptors (Lipinski definition) is 4. The monoisotopic (exact) mass is 334 g/mol. The minimum absolute atomic E-state index is 0.152. The molecule has 1 atom stereocenters. The van der Waals surface area contributed by atoms with Crippen LogP contribution in [0.5, 0.6) is 0 Å². The summed E-state index contributed by atoms with van der Waals surface area (Å²) in [6.45, 7) is 4.32. The van der Waals surface area contributed by atoms with Gasteiger partial charge in [0.2, 0.25) is 0 Å². The summed E-state index contributed by atoms with van der Waals surface area (Å²) in [7, 11) is 0. The van der Waals surface area contributed by atoms with Crippen LogP contribution < -0.4 is 5.32 Å². The summed E-state index contributed by atoms with van der Waals surface area (Å²) in [5.41, 5.74) is 3.68. The lowest BCUT2D eigenvalue weighted by atomic mass is 10.0. The normalized spacial score (nSPS) is 11.9. The lowest BCUT2D eigenvalue weighted by Crippen LogP contribution is -2.11. The van der Waals surface area contributed by atoms with E-state index in [1.165, 1.54) is 0 Å². The second-order valence-corrected chi connectivity index (χ2v) is 5.86. The van der Waals surface area contributed by atoms with Crippen LogP contribution >= 0.6 is 0 Å². The Bertz CT molecular complexity index is 859. The standard InChI is InChI=1S/C21H22N2O2/c1-3-19(15-9-11-16(12-10-15)21(24)25-4-2)23-18-13-17-7-5-6-8-20(17)22-14-18/h5-14,19,23H,3-4H2,1-2H3. The van der Waals surface area contributed by atoms with Gasteiger partial charge in [-0.3, -0.25) is 4.98 Å². The lowest BCUT2D eigenvalue weighted by molar-refractivity contribution is 0.0526. The van der Waals surface area contributed by atoms with Crippen molar-refractivity contribution in [1.29, 1.82) is 0 Å². The number of ether oxygens (including phenoxy) is 1. The highest BCUT2D eigenvalue weighted by atomic mass is 16.5. The number of fused-ring (bicyclic) bond motifs is 1. The maximum atomic E-state index is 11.8. The Morgan fingerprint density at radius 1 is 1.12 bits per heavy atom. The Morgan fingerprint density at radius 2 is 1.88 bits per heavy atom. The molecule has 1 unspecified atom stereocenters. The molecule has 3 rings (SSSR count). The number of esters is 1. The SMILES string of the molecule is CCOC(=O)c1ccc(C(CC)Nc2cnc3ccccc3c2)cc1. The molecule has 0 radical (unpaired) electrons. The van der Waals surface area contributed by atoms with Crippen molar-refractivity contribution in [3.63, 3.8) is 0 Å². The van der Waals surface area contributed by atoms with E-state index in [-0.39, 0.29) is 12.0 Å². The van der Waals surface area contributed by atoms with Gasteiger partial charge < -0.3 is 10.1 Å². The molecule has 0 aliphatic heterocycles. The average molecular weight is 334 g/mol. The largest absolute Gasteiger partial charge is 0.462 e. The summed E-state index contributed by atoms with van der Waals surface area (Å²) >= 11 is 0. The van der Waals surface area contributed by atoms with Crippen LogP contribution in [0.2, 0.25) is 0 Å². The van der Waals surface area contributed by atoms with Crippen molar-refractivity contribution in [2.24, 2.45) is 0 Å². The first kappa shape index (κ1) is 17.0. The minimum atomic E-state index is -0.284. The summed E-state index contributed by atoms with van der Waals surface area (Å²) in [6.07, 6.45) is 2.78. The molecule has 0 fully saturated rings. The van der Waals surface area contributed by atoms with Gasteiger partial charge in [-0.15, -0.1) is 0 Å². The van der Waals surface area contributed by atoms with Gasteiger partial charge in [0.05, 0.1) is 35.6 Å². The summed E-state index contributed by atoms with van der Waals surface area (Å²) < 4.78 is 5.03. The van der Waals surface area contributed by atoms with Gasteiger partial charge in [0.15, 0.2) is 0 Å². The molecule has 4 heteroatoms. The summed E-state index contributed by atoms with van der Waals surface area (Å²) in [6, 6.07) is 17.9. The van der Waals surface area contributed by atoms with Gasteiger partial charge >= 0.3 is 5.97 Å². The van der Waals surface area contributed by atoms with E-state index in [2.05, 4.69) is 29.4 Å². The zero-order chi connectivity index (χ0) is 17.6. The molecule has 0 amide bonds. The van der Waals surface area contributed by atoms with E-state index in [1.807, 2.05) is 48.7 Å². The minimum Gasteiger partial charge on any atom is -0.462 e. The summed E-state index contributed by atoms with van der Waals surface area (Å²) in [4.78, 5) is 16.3. The molecule has 1 heterocycles. The molecule has 1 aromatic heterocycles. The number of rotatable bonds is 6. The predicted molar refractivity (Wildman–Crippen MR) is 101 cm³/mol. The Kier molecular flexibility index (Phi) is 5.29. The molecule has 1 N–H and O–H groups in total. The molecular formula is C21H22N2O2. The number of nitrogens with one attached hydrogen (secondary N) is 1. The van der Waals surface area contributed by atoms with Gasteiger partial charge in [-0.25, -0.2) is 4.79 Å². The number of carbonyl (C=O) groups is 1. The fourth-order valence-electron chi connectivity index (χ4n) is 2.84. The quantitative estimate of drug-likeness (QED) is 0.646. The molecule has 128 valence electrons. The number of benzene rings is 2. The molecular weight excluding hydrogens is 312 g/mol. The molecule has 0 aliphatic carbocycles. The topological polar surface area (TPSA) is 51.2 Å². The Hall–Kier alpha value is -2.88. The van der Waals surface area contributed by atoms with Crippen molar-refractivity contribution >= 4 is 22.6 Å². The smallest absolute Gasteiger partial charge is 0.338 e. The second-order valence-electron chi connectivity index (χ2n) is 5.86. The fraction of sp³-hybridized carbons (Fsp3) is 0.238. The molecule has 0 aliphatic rings. The Labute approximate surface area is 147 Å². The van der Waals surface area contributed by atoms with Gasteiger partial charge in [0.25, 0.3) is 0 Å². The second kappa shape index (κ2) is 7.79. The molecule has 25 heavy (non-hydrogen) atoms. The number of pyridine rings is 1. The van der Waals surface area contributed by atoms with E-state index in [4.69, 9.17) is 4.74 Å². The van der Waals surface area contributed by atoms with Crippen LogP contribution in [-0.2, 0) is 4.74 Å². The number of aromatic nitrogens is 1. The number of carbonyl (C=O) groups excluding carboxylic acids is 1. The van der Waals surface area contributed by atoms with Crippen molar-refractivity contribution < 1.29 is 9.53 Å². The average Bonchev–Trinajstić information content (AvgIpc) is 2.66. The maximum absolute atomic E-state index is 11.8. The summed E-state index contributed by atoms with van der Waals surface area (Å²) in [5, 5.41) is 4.64. The molecule has 0 saturated heterocycles. The van der Waals surface area contributed by atoms with E-state index in [0.29, 0.717) is 12.2 Å².